The number of aromatic hydroxyl groups is 1. The number of nitrogens with one attached hydrogen (secondary N) is 2. The number of hydrazone groups is 1. The molecule has 1 aliphatic rings. The molecule has 0 radical (unpaired) electrons. The highest BCUT2D eigenvalue weighted by Gasteiger charge is 2.20. The summed E-state index contributed by atoms with van der Waals surface area (Å²) < 4.78 is 5.76. The first-order valence-electron chi connectivity index (χ1n) is 8.30. The number of hydrogen-bond donors (Lipinski definition) is 3. The van der Waals surface area contributed by atoms with Crippen LogP contribution in [0.2, 0.25) is 0 Å². The molecule has 1 aromatic rings. The minimum absolute atomic E-state index is 0.00473. The van der Waals surface area contributed by atoms with Gasteiger partial charge in [0.05, 0.1) is 17.3 Å². The van der Waals surface area contributed by atoms with Gasteiger partial charge in [-0.1, -0.05) is 19.3 Å². The standard InChI is InChI=1S/C17H22BrN3O4/c1-2-25-14-9-11(8-13(18)15(14)22)10-19-21-17(24)16(23)20-12-6-4-3-5-7-12/h8-10,12,22H,2-7H2,1H3,(H,20,23)(H,21,24). The third-order valence-corrected chi connectivity index (χ3v) is 4.48. The van der Waals surface area contributed by atoms with E-state index < -0.39 is 11.8 Å². The summed E-state index contributed by atoms with van der Waals surface area (Å²) in [6.07, 6.45) is 6.51. The Bertz CT molecular complexity index is 658. The zero-order chi connectivity index (χ0) is 18.2. The van der Waals surface area contributed by atoms with Crippen molar-refractivity contribution in [3.05, 3.63) is 22.2 Å². The largest absolute Gasteiger partial charge is 0.503 e. The van der Waals surface area contributed by atoms with E-state index in [1.54, 1.807) is 19.1 Å². The highest BCUT2D eigenvalue weighted by atomic mass is 79.9. The SMILES string of the molecule is CCOc1cc(C=NNC(=O)C(=O)NC2CCCCC2)cc(Br)c1O. The quantitative estimate of drug-likeness (QED) is 0.393. The van der Waals surface area contributed by atoms with Crippen molar-refractivity contribution in [2.45, 2.75) is 45.1 Å². The molecule has 1 aromatic carbocycles. The summed E-state index contributed by atoms with van der Waals surface area (Å²) >= 11 is 3.22. The van der Waals surface area contributed by atoms with Crippen LogP contribution in [0.15, 0.2) is 21.7 Å². The average Bonchev–Trinajstić information content (AvgIpc) is 2.60. The van der Waals surface area contributed by atoms with E-state index in [1.165, 1.54) is 12.6 Å². The first-order chi connectivity index (χ1) is 12.0. The number of benzene rings is 1. The molecule has 0 aromatic heterocycles. The van der Waals surface area contributed by atoms with Gasteiger partial charge in [-0.25, -0.2) is 5.43 Å². The van der Waals surface area contributed by atoms with Crippen molar-refractivity contribution in [2.75, 3.05) is 6.61 Å². The molecule has 1 saturated carbocycles. The lowest BCUT2D eigenvalue weighted by molar-refractivity contribution is -0.139. The number of amides is 2. The van der Waals surface area contributed by atoms with Gasteiger partial charge in [0.2, 0.25) is 0 Å². The van der Waals surface area contributed by atoms with Gasteiger partial charge in [0.15, 0.2) is 11.5 Å². The number of rotatable bonds is 5. The number of phenolic OH excluding ortho intramolecular Hbond substituents is 1. The summed E-state index contributed by atoms with van der Waals surface area (Å²) in [4.78, 5) is 23.6. The lowest BCUT2D eigenvalue weighted by Crippen LogP contribution is -2.44. The van der Waals surface area contributed by atoms with E-state index in [4.69, 9.17) is 4.74 Å². The Morgan fingerprint density at radius 3 is 2.72 bits per heavy atom. The van der Waals surface area contributed by atoms with Crippen LogP contribution in [0, 0.1) is 0 Å². The molecule has 7 nitrogen and oxygen atoms in total. The zero-order valence-electron chi connectivity index (χ0n) is 14.0. The molecule has 2 rings (SSSR count). The van der Waals surface area contributed by atoms with Crippen LogP contribution in [-0.2, 0) is 9.59 Å². The smallest absolute Gasteiger partial charge is 0.329 e. The first-order valence-corrected chi connectivity index (χ1v) is 9.09. The molecule has 0 bridgehead atoms. The van der Waals surface area contributed by atoms with Gasteiger partial charge in [-0.2, -0.15) is 5.10 Å². The maximum Gasteiger partial charge on any atom is 0.329 e. The minimum Gasteiger partial charge on any atom is -0.503 e. The number of phenols is 1. The number of halogens is 1. The summed E-state index contributed by atoms with van der Waals surface area (Å²) in [5, 5.41) is 16.4. The first kappa shape index (κ1) is 19.2. The third-order valence-electron chi connectivity index (χ3n) is 3.88. The Morgan fingerprint density at radius 1 is 1.32 bits per heavy atom. The monoisotopic (exact) mass is 411 g/mol. The van der Waals surface area contributed by atoms with Gasteiger partial charge in [0, 0.05) is 6.04 Å². The molecule has 25 heavy (non-hydrogen) atoms. The molecule has 136 valence electrons. The van der Waals surface area contributed by atoms with Crippen molar-refractivity contribution in [3.8, 4) is 11.5 Å². The molecule has 0 atom stereocenters. The van der Waals surface area contributed by atoms with Crippen molar-refractivity contribution < 1.29 is 19.4 Å². The van der Waals surface area contributed by atoms with Crippen LogP contribution in [0.5, 0.6) is 11.5 Å². The van der Waals surface area contributed by atoms with Gasteiger partial charge in [-0.15, -0.1) is 0 Å². The highest BCUT2D eigenvalue weighted by molar-refractivity contribution is 9.10. The molecule has 3 N–H and O–H groups in total. The Hall–Kier alpha value is -2.09. The summed E-state index contributed by atoms with van der Waals surface area (Å²) in [5.74, 6) is -1.18. The molecule has 1 aliphatic carbocycles. The van der Waals surface area contributed by atoms with Crippen LogP contribution >= 0.6 is 15.9 Å². The van der Waals surface area contributed by atoms with E-state index in [0.29, 0.717) is 22.4 Å². The minimum atomic E-state index is -0.801. The molecule has 0 saturated heterocycles. The topological polar surface area (TPSA) is 100 Å². The molecule has 8 heteroatoms. The number of hydrogen-bond acceptors (Lipinski definition) is 5. The lowest BCUT2D eigenvalue weighted by atomic mass is 9.95. The fourth-order valence-corrected chi connectivity index (χ4v) is 3.11. The van der Waals surface area contributed by atoms with Gasteiger partial charge in [0.25, 0.3) is 0 Å². The Kier molecular flexibility index (Phi) is 7.24. The summed E-state index contributed by atoms with van der Waals surface area (Å²) in [6, 6.07) is 3.27. The van der Waals surface area contributed by atoms with Crippen molar-refractivity contribution in [1.29, 1.82) is 0 Å². The van der Waals surface area contributed by atoms with Crippen molar-refractivity contribution >= 4 is 34.0 Å². The number of carbonyl (C=O) groups is 2. The second-order valence-corrected chi connectivity index (χ2v) is 6.64. The van der Waals surface area contributed by atoms with Crippen LogP contribution in [0.4, 0.5) is 0 Å². The third kappa shape index (κ3) is 5.74. The van der Waals surface area contributed by atoms with E-state index in [1.807, 2.05) is 0 Å². The van der Waals surface area contributed by atoms with Crippen LogP contribution in [0.1, 0.15) is 44.6 Å². The summed E-state index contributed by atoms with van der Waals surface area (Å²) in [7, 11) is 0. The molecule has 2 amide bonds. The Balaban J connectivity index is 1.91. The van der Waals surface area contributed by atoms with Crippen molar-refractivity contribution in [3.63, 3.8) is 0 Å². The van der Waals surface area contributed by atoms with E-state index in [-0.39, 0.29) is 11.8 Å². The lowest BCUT2D eigenvalue weighted by Gasteiger charge is -2.22. The number of ether oxygens (including phenoxy) is 1. The molecule has 1 fully saturated rings. The fraction of sp³-hybridized carbons (Fsp3) is 0.471. The van der Waals surface area contributed by atoms with Gasteiger partial charge in [0.1, 0.15) is 0 Å². The summed E-state index contributed by atoms with van der Waals surface area (Å²) in [5.41, 5.74) is 2.80. The van der Waals surface area contributed by atoms with E-state index in [2.05, 4.69) is 31.8 Å². The van der Waals surface area contributed by atoms with Crippen molar-refractivity contribution in [2.24, 2.45) is 5.10 Å². The second kappa shape index (κ2) is 9.41. The van der Waals surface area contributed by atoms with Gasteiger partial charge in [-0.3, -0.25) is 9.59 Å². The van der Waals surface area contributed by atoms with Gasteiger partial charge in [-0.05, 0) is 53.4 Å². The Morgan fingerprint density at radius 2 is 2.04 bits per heavy atom. The van der Waals surface area contributed by atoms with Crippen LogP contribution in [0.25, 0.3) is 0 Å². The van der Waals surface area contributed by atoms with Crippen LogP contribution in [0.3, 0.4) is 0 Å². The second-order valence-electron chi connectivity index (χ2n) is 5.79. The molecule has 0 heterocycles. The predicted octanol–water partition coefficient (Wildman–Crippen LogP) is 2.45. The predicted molar refractivity (Wildman–Crippen MR) is 97.7 cm³/mol. The van der Waals surface area contributed by atoms with Crippen LogP contribution < -0.4 is 15.5 Å². The van der Waals surface area contributed by atoms with Gasteiger partial charge >= 0.3 is 11.8 Å². The maximum absolute atomic E-state index is 11.8. The molecular formula is C17H22BrN3O4. The number of carbonyl (C=O) groups excluding carboxylic acids is 2. The molecule has 0 aliphatic heterocycles. The maximum atomic E-state index is 11.8. The summed E-state index contributed by atoms with van der Waals surface area (Å²) in [6.45, 7) is 2.21. The fourth-order valence-electron chi connectivity index (χ4n) is 2.65. The number of nitrogens with zero attached hydrogens (tertiary/aromatic N) is 1. The van der Waals surface area contributed by atoms with Crippen LogP contribution in [-0.4, -0.2) is 35.8 Å². The highest BCUT2D eigenvalue weighted by Crippen LogP contribution is 2.35. The zero-order valence-corrected chi connectivity index (χ0v) is 15.6. The van der Waals surface area contributed by atoms with Crippen molar-refractivity contribution in [1.82, 2.24) is 10.7 Å². The van der Waals surface area contributed by atoms with E-state index in [9.17, 15) is 14.7 Å². The van der Waals surface area contributed by atoms with E-state index >= 15 is 0 Å². The molecular weight excluding hydrogens is 390 g/mol. The van der Waals surface area contributed by atoms with E-state index in [0.717, 1.165) is 25.7 Å². The normalized spacial score (nSPS) is 15.1. The Labute approximate surface area is 155 Å². The molecule has 0 spiro atoms. The van der Waals surface area contributed by atoms with Gasteiger partial charge < -0.3 is 15.2 Å². The molecule has 0 unspecified atom stereocenters. The average molecular weight is 412 g/mol.